The number of amides is 1. The van der Waals surface area contributed by atoms with Gasteiger partial charge in [0.25, 0.3) is 0 Å². The highest BCUT2D eigenvalue weighted by molar-refractivity contribution is 5.94. The molecule has 3 fully saturated rings. The Labute approximate surface area is 359 Å². The summed E-state index contributed by atoms with van der Waals surface area (Å²) in [7, 11) is 0. The fraction of sp³-hybridized carbons (Fsp3) is 0.600. The Balaban J connectivity index is 1.54. The number of aliphatic hydroxyl groups excluding tert-OH is 2. The van der Waals surface area contributed by atoms with Crippen LogP contribution in [-0.2, 0) is 47.6 Å². The molecule has 1 aromatic carbocycles. The molecule has 1 amide bonds. The van der Waals surface area contributed by atoms with Gasteiger partial charge in [-0.3, -0.25) is 14.4 Å². The van der Waals surface area contributed by atoms with Crippen LogP contribution in [0, 0.1) is 16.7 Å². The first-order valence-corrected chi connectivity index (χ1v) is 20.8. The number of furan rings is 1. The smallest absolute Gasteiger partial charge is 0.408 e. The van der Waals surface area contributed by atoms with Crippen molar-refractivity contribution in [2.75, 3.05) is 6.61 Å². The van der Waals surface area contributed by atoms with E-state index in [0.717, 1.165) is 6.92 Å². The summed E-state index contributed by atoms with van der Waals surface area (Å²) < 4.78 is 41.3. The number of hydrogen-bond donors (Lipinski definition) is 4. The van der Waals surface area contributed by atoms with Crippen LogP contribution in [0.1, 0.15) is 110 Å². The second kappa shape index (κ2) is 16.9. The van der Waals surface area contributed by atoms with Crippen LogP contribution in [-0.4, -0.2) is 111 Å². The Morgan fingerprint density at radius 3 is 2.23 bits per heavy atom. The Kier molecular flexibility index (Phi) is 12.6. The van der Waals surface area contributed by atoms with Gasteiger partial charge in [0, 0.05) is 31.6 Å². The number of aliphatic hydroxyl groups is 3. The molecule has 17 heteroatoms. The molecule has 62 heavy (non-hydrogen) atoms. The lowest BCUT2D eigenvalue weighted by atomic mass is 9.44. The fourth-order valence-electron chi connectivity index (χ4n) is 10.0. The molecule has 2 saturated carbocycles. The molecule has 2 aromatic rings. The predicted octanol–water partition coefficient (Wildman–Crippen LogP) is 4.20. The lowest BCUT2D eigenvalue weighted by Gasteiger charge is -2.67. The van der Waals surface area contributed by atoms with E-state index < -0.39 is 118 Å². The number of Topliss-reactive ketones (excluding diaryl/α,β-unsaturated/α-hetero) is 1. The van der Waals surface area contributed by atoms with E-state index in [1.54, 1.807) is 59.7 Å². The van der Waals surface area contributed by atoms with E-state index in [0.29, 0.717) is 0 Å². The summed E-state index contributed by atoms with van der Waals surface area (Å²) in [6.45, 7) is 13.5. The van der Waals surface area contributed by atoms with Crippen molar-refractivity contribution in [3.05, 3.63) is 71.2 Å². The standard InChI is InChI=1S/C45H57NO16/c1-10-30(48)59-28-20-29-44(22-57-29,61-24(4)47)35-37(60-38(52)25-16-13-12-14-17-25)45(55)21-27(23(3)31(42(45,8)11-2)33(49)36(51)43(28,35)9)58-39(53)34(50)32(26-18-15-19-56-26)46-40(54)62-41(5,6)7/h12-19,27-29,32-35,37,49-50,55H,10-11,20-22H2,1-9H3,(H,46,54)/t27-,28-,29+,32-,33+,34+,35?,37-,42?,43+,44-,45+/m0/s1. The van der Waals surface area contributed by atoms with Gasteiger partial charge in [-0.25, -0.2) is 14.4 Å². The molecular formula is C45H57NO16. The monoisotopic (exact) mass is 867 g/mol. The normalized spacial score (nSPS) is 33.8. The molecule has 2 unspecified atom stereocenters. The maximum atomic E-state index is 15.5. The number of ether oxygens (including phenoxy) is 6. The number of ketones is 1. The highest BCUT2D eigenvalue weighted by Gasteiger charge is 2.79. The molecule has 3 aliphatic carbocycles. The zero-order valence-corrected chi connectivity index (χ0v) is 36.4. The average molecular weight is 868 g/mol. The number of nitrogens with one attached hydrogen (secondary N) is 1. The zero-order valence-electron chi connectivity index (χ0n) is 36.4. The molecule has 6 rings (SSSR count). The van der Waals surface area contributed by atoms with Gasteiger partial charge in [-0.15, -0.1) is 0 Å². The SMILES string of the molecule is CCC(=O)O[C@H]1C[C@H]2OC[C@@]2(OC(C)=O)C2[C@H](OC(=O)c3ccccc3)[C@]3(O)C[C@H](OC(=O)[C@H](O)[C@@H](NC(=O)OC(C)(C)C)c4ccco4)C(C)=C([C@@H](O)C(=O)[C@@]21C)C3(C)CC. The topological polar surface area (TPSA) is 244 Å². The summed E-state index contributed by atoms with van der Waals surface area (Å²) in [5.74, 6) is -6.21. The van der Waals surface area contributed by atoms with Gasteiger partial charge >= 0.3 is 30.0 Å². The summed E-state index contributed by atoms with van der Waals surface area (Å²) >= 11 is 0. The first-order valence-electron chi connectivity index (χ1n) is 20.8. The third-order valence-electron chi connectivity index (χ3n) is 13.3. The van der Waals surface area contributed by atoms with Gasteiger partial charge in [0.05, 0.1) is 29.8 Å². The van der Waals surface area contributed by atoms with E-state index in [1.165, 1.54) is 44.4 Å². The predicted molar refractivity (Wildman–Crippen MR) is 215 cm³/mol. The minimum Gasteiger partial charge on any atom is -0.467 e. The molecule has 17 nitrogen and oxygen atoms in total. The maximum Gasteiger partial charge on any atom is 0.408 e. The zero-order chi connectivity index (χ0) is 45.7. The summed E-state index contributed by atoms with van der Waals surface area (Å²) in [6.07, 6.45) is -10.4. The Morgan fingerprint density at radius 1 is 1.00 bits per heavy atom. The van der Waals surface area contributed by atoms with Crippen LogP contribution in [0.4, 0.5) is 4.79 Å². The fourth-order valence-corrected chi connectivity index (χ4v) is 10.0. The number of hydrogen-bond acceptors (Lipinski definition) is 16. The number of benzene rings is 1. The Bertz CT molecular complexity index is 2090. The summed E-state index contributed by atoms with van der Waals surface area (Å²) in [5, 5.41) is 40.3. The van der Waals surface area contributed by atoms with E-state index in [2.05, 4.69) is 5.32 Å². The van der Waals surface area contributed by atoms with Crippen LogP contribution in [0.5, 0.6) is 0 Å². The van der Waals surface area contributed by atoms with Gasteiger partial charge < -0.3 is 53.5 Å². The minimum absolute atomic E-state index is 0.0156. The van der Waals surface area contributed by atoms with Crippen molar-refractivity contribution in [3.63, 3.8) is 0 Å². The van der Waals surface area contributed by atoms with Gasteiger partial charge in [0.1, 0.15) is 53.5 Å². The van der Waals surface area contributed by atoms with Gasteiger partial charge in [-0.1, -0.05) is 39.0 Å². The molecule has 4 aliphatic rings. The van der Waals surface area contributed by atoms with E-state index in [1.807, 2.05) is 0 Å². The third-order valence-corrected chi connectivity index (χ3v) is 13.3. The van der Waals surface area contributed by atoms with Crippen molar-refractivity contribution in [2.24, 2.45) is 16.7 Å². The molecular weight excluding hydrogens is 810 g/mol. The van der Waals surface area contributed by atoms with Crippen molar-refractivity contribution in [1.29, 1.82) is 0 Å². The largest absolute Gasteiger partial charge is 0.467 e. The van der Waals surface area contributed by atoms with Crippen LogP contribution in [0.15, 0.2) is 64.3 Å². The van der Waals surface area contributed by atoms with Crippen molar-refractivity contribution < 1.29 is 76.9 Å². The maximum absolute atomic E-state index is 15.5. The quantitative estimate of drug-likeness (QED) is 0.140. The number of rotatable bonds is 11. The lowest BCUT2D eigenvalue weighted by Crippen LogP contribution is -2.82. The molecule has 1 aromatic heterocycles. The third kappa shape index (κ3) is 7.81. The van der Waals surface area contributed by atoms with E-state index in [9.17, 15) is 39.3 Å². The minimum atomic E-state index is -2.40. The van der Waals surface area contributed by atoms with Crippen molar-refractivity contribution in [1.82, 2.24) is 5.32 Å². The van der Waals surface area contributed by atoms with Gasteiger partial charge in [0.15, 0.2) is 17.5 Å². The molecule has 2 bridgehead atoms. The molecule has 1 saturated heterocycles. The number of fused-ring (bicyclic) bond motifs is 5. The summed E-state index contributed by atoms with van der Waals surface area (Å²) in [5.41, 5.74) is -8.66. The number of esters is 4. The molecule has 4 N–H and O–H groups in total. The van der Waals surface area contributed by atoms with Crippen molar-refractivity contribution in [3.8, 4) is 0 Å². The molecule has 0 radical (unpaired) electrons. The second-order valence-corrected chi connectivity index (χ2v) is 18.1. The lowest BCUT2D eigenvalue weighted by molar-refractivity contribution is -0.347. The molecule has 0 spiro atoms. The Hall–Kier alpha value is -5.10. The van der Waals surface area contributed by atoms with Crippen LogP contribution in [0.2, 0.25) is 0 Å². The van der Waals surface area contributed by atoms with Crippen LogP contribution in [0.25, 0.3) is 0 Å². The first-order chi connectivity index (χ1) is 29.0. The van der Waals surface area contributed by atoms with Gasteiger partial charge in [-0.05, 0) is 76.5 Å². The summed E-state index contributed by atoms with van der Waals surface area (Å²) in [6, 6.07) is 9.19. The molecule has 12 atom stereocenters. The van der Waals surface area contributed by atoms with Crippen LogP contribution >= 0.6 is 0 Å². The van der Waals surface area contributed by atoms with E-state index in [-0.39, 0.29) is 48.3 Å². The Morgan fingerprint density at radius 2 is 1.68 bits per heavy atom. The van der Waals surface area contributed by atoms with Crippen molar-refractivity contribution >= 4 is 35.8 Å². The van der Waals surface area contributed by atoms with Gasteiger partial charge in [0.2, 0.25) is 0 Å². The molecule has 2 heterocycles. The highest BCUT2D eigenvalue weighted by atomic mass is 16.6. The summed E-state index contributed by atoms with van der Waals surface area (Å²) in [4.78, 5) is 83.0. The number of alkyl carbamates (subject to hydrolysis) is 1. The first kappa shape index (κ1) is 46.4. The van der Waals surface area contributed by atoms with E-state index >= 15 is 4.79 Å². The van der Waals surface area contributed by atoms with Crippen molar-refractivity contribution in [2.45, 2.75) is 147 Å². The van der Waals surface area contributed by atoms with Crippen LogP contribution in [0.3, 0.4) is 0 Å². The average Bonchev–Trinajstić information content (AvgIpc) is 3.75. The molecule has 338 valence electrons. The van der Waals surface area contributed by atoms with Gasteiger partial charge in [-0.2, -0.15) is 0 Å². The number of carbonyl (C=O) groups excluding carboxylic acids is 6. The van der Waals surface area contributed by atoms with E-state index in [4.69, 9.17) is 32.8 Å². The molecule has 1 aliphatic heterocycles. The second-order valence-electron chi connectivity index (χ2n) is 18.1. The van der Waals surface area contributed by atoms with Crippen LogP contribution < -0.4 is 5.32 Å². The number of carbonyl (C=O) groups is 6. The highest BCUT2D eigenvalue weighted by Crippen LogP contribution is 2.65.